The summed E-state index contributed by atoms with van der Waals surface area (Å²) < 4.78 is 14.0. The number of fused-ring (bicyclic) bond motifs is 1. The number of halogens is 1. The van der Waals surface area contributed by atoms with Crippen molar-refractivity contribution < 1.29 is 18.8 Å². The predicted octanol–water partition coefficient (Wildman–Crippen LogP) is 3.34. The summed E-state index contributed by atoms with van der Waals surface area (Å²) in [6, 6.07) is 7.40. The van der Waals surface area contributed by atoms with E-state index in [1.165, 1.54) is 41.6 Å². The number of nitrogens with zero attached hydrogens (tertiary/aromatic N) is 3. The summed E-state index contributed by atoms with van der Waals surface area (Å²) in [5.74, 6) is -1.35. The van der Waals surface area contributed by atoms with E-state index in [2.05, 4.69) is 20.7 Å². The summed E-state index contributed by atoms with van der Waals surface area (Å²) in [5.41, 5.74) is 2.91. The summed E-state index contributed by atoms with van der Waals surface area (Å²) in [6.07, 6.45) is 1.82. The predicted molar refractivity (Wildman–Crippen MR) is 116 cm³/mol. The van der Waals surface area contributed by atoms with Gasteiger partial charge in [0.15, 0.2) is 0 Å². The molecule has 4 amide bonds. The average molecular weight is 460 g/mol. The smallest absolute Gasteiger partial charge is 0.322 e. The Labute approximate surface area is 185 Å². The third kappa shape index (κ3) is 4.10. The number of carbonyl (C=O) groups is 3. The lowest BCUT2D eigenvalue weighted by Crippen LogP contribution is -2.49. The van der Waals surface area contributed by atoms with Crippen LogP contribution in [0.15, 0.2) is 41.7 Å². The zero-order chi connectivity index (χ0) is 22.2. The molecular formula is C20H18FN5O3S2. The molecule has 2 N–H and O–H groups in total. The number of thiophene rings is 1. The molecule has 1 unspecified atom stereocenters. The van der Waals surface area contributed by atoms with Crippen LogP contribution in [0.4, 0.5) is 9.18 Å². The Balaban J connectivity index is 1.47. The monoisotopic (exact) mass is 459 g/mol. The number of thioether (sulfide) groups is 1. The lowest BCUT2D eigenvalue weighted by atomic mass is 10.00. The van der Waals surface area contributed by atoms with Crippen LogP contribution in [0.5, 0.6) is 0 Å². The highest BCUT2D eigenvalue weighted by atomic mass is 32.2. The number of nitrogens with one attached hydrogen (secondary N) is 2. The molecule has 1 aromatic carbocycles. The molecule has 160 valence electrons. The second-order valence-electron chi connectivity index (χ2n) is 7.09. The maximum Gasteiger partial charge on any atom is 0.344 e. The molecule has 3 aromatic rings. The maximum atomic E-state index is 13.2. The first-order valence-electron chi connectivity index (χ1n) is 9.40. The van der Waals surface area contributed by atoms with E-state index in [9.17, 15) is 18.8 Å². The molecule has 0 aliphatic carbocycles. The molecule has 1 aliphatic heterocycles. The van der Waals surface area contributed by atoms with Gasteiger partial charge in [-0.3, -0.25) is 15.0 Å². The van der Waals surface area contributed by atoms with Crippen molar-refractivity contribution in [2.24, 2.45) is 0 Å². The Hall–Kier alpha value is -3.05. The maximum absolute atomic E-state index is 13.2. The number of hydrogen-bond donors (Lipinski definition) is 2. The molecule has 0 bridgehead atoms. The van der Waals surface area contributed by atoms with Crippen molar-refractivity contribution in [3.05, 3.63) is 42.5 Å². The topological polar surface area (TPSA) is 104 Å². The minimum atomic E-state index is -1.02. The molecule has 31 heavy (non-hydrogen) atoms. The quantitative estimate of drug-likeness (QED) is 0.333. The lowest BCUT2D eigenvalue weighted by molar-refractivity contribution is -0.137. The summed E-state index contributed by atoms with van der Waals surface area (Å²) in [6.45, 7) is 3.39. The SMILES string of the molecule is CCC1(C)NC(=O)N(NC(=O)CSc2ncnc3cc(-c4ccc(F)cc4)sc23)C1=O. The van der Waals surface area contributed by atoms with E-state index in [-0.39, 0.29) is 11.6 Å². The van der Waals surface area contributed by atoms with Crippen LogP contribution in [-0.2, 0) is 9.59 Å². The van der Waals surface area contributed by atoms with Crippen LogP contribution in [0.25, 0.3) is 20.7 Å². The number of carbonyl (C=O) groups excluding carboxylic acids is 3. The molecule has 0 radical (unpaired) electrons. The van der Waals surface area contributed by atoms with Crippen LogP contribution < -0.4 is 10.7 Å². The first-order chi connectivity index (χ1) is 14.8. The molecule has 4 rings (SSSR count). The summed E-state index contributed by atoms with van der Waals surface area (Å²) >= 11 is 2.62. The van der Waals surface area contributed by atoms with Crippen LogP contribution in [0.2, 0.25) is 0 Å². The van der Waals surface area contributed by atoms with Crippen molar-refractivity contribution >= 4 is 51.2 Å². The molecule has 1 atom stereocenters. The van der Waals surface area contributed by atoms with Crippen molar-refractivity contribution in [2.45, 2.75) is 30.8 Å². The van der Waals surface area contributed by atoms with Gasteiger partial charge in [-0.1, -0.05) is 30.8 Å². The normalized spacial score (nSPS) is 18.5. The number of hydrogen-bond acceptors (Lipinski definition) is 7. The Morgan fingerprint density at radius 1 is 1.29 bits per heavy atom. The van der Waals surface area contributed by atoms with Gasteiger partial charge in [-0.15, -0.1) is 11.3 Å². The molecule has 0 saturated carbocycles. The fourth-order valence-electron chi connectivity index (χ4n) is 3.01. The number of aromatic nitrogens is 2. The first-order valence-corrected chi connectivity index (χ1v) is 11.2. The third-order valence-electron chi connectivity index (χ3n) is 4.95. The highest BCUT2D eigenvalue weighted by Crippen LogP contribution is 2.36. The van der Waals surface area contributed by atoms with Gasteiger partial charge < -0.3 is 5.32 Å². The van der Waals surface area contributed by atoms with Gasteiger partial charge >= 0.3 is 6.03 Å². The zero-order valence-corrected chi connectivity index (χ0v) is 18.3. The van der Waals surface area contributed by atoms with Crippen molar-refractivity contribution in [1.82, 2.24) is 25.7 Å². The number of benzene rings is 1. The van der Waals surface area contributed by atoms with Gasteiger partial charge in [0.2, 0.25) is 5.91 Å². The van der Waals surface area contributed by atoms with Crippen molar-refractivity contribution in [3.8, 4) is 10.4 Å². The molecule has 11 heteroatoms. The van der Waals surface area contributed by atoms with Gasteiger partial charge in [0.1, 0.15) is 22.7 Å². The summed E-state index contributed by atoms with van der Waals surface area (Å²) in [5, 5.41) is 3.91. The molecule has 1 fully saturated rings. The van der Waals surface area contributed by atoms with Gasteiger partial charge in [0.05, 0.1) is 16.0 Å². The van der Waals surface area contributed by atoms with E-state index >= 15 is 0 Å². The van der Waals surface area contributed by atoms with Gasteiger partial charge in [-0.25, -0.2) is 19.2 Å². The largest absolute Gasteiger partial charge is 0.344 e. The molecule has 3 heterocycles. The Kier molecular flexibility index (Phi) is 5.63. The molecule has 2 aromatic heterocycles. The lowest BCUT2D eigenvalue weighted by Gasteiger charge is -2.19. The minimum Gasteiger partial charge on any atom is -0.322 e. The van der Waals surface area contributed by atoms with Crippen LogP contribution in [0, 0.1) is 5.82 Å². The van der Waals surface area contributed by atoms with Crippen LogP contribution >= 0.6 is 23.1 Å². The third-order valence-corrected chi connectivity index (χ3v) is 7.25. The average Bonchev–Trinajstić information content (AvgIpc) is 3.28. The number of urea groups is 1. The van der Waals surface area contributed by atoms with E-state index in [0.29, 0.717) is 11.4 Å². The first kappa shape index (κ1) is 21.2. The molecular weight excluding hydrogens is 441 g/mol. The molecule has 8 nitrogen and oxygen atoms in total. The van der Waals surface area contributed by atoms with Gasteiger partial charge in [-0.2, -0.15) is 5.01 Å². The second kappa shape index (κ2) is 8.23. The van der Waals surface area contributed by atoms with E-state index in [1.54, 1.807) is 26.0 Å². The Bertz CT molecular complexity index is 1180. The molecule has 1 saturated heterocycles. The number of imide groups is 1. The molecule has 1 aliphatic rings. The molecule has 0 spiro atoms. The van der Waals surface area contributed by atoms with Crippen molar-refractivity contribution in [1.29, 1.82) is 0 Å². The van der Waals surface area contributed by atoms with E-state index < -0.39 is 23.4 Å². The van der Waals surface area contributed by atoms with Gasteiger partial charge in [0.25, 0.3) is 5.91 Å². The van der Waals surface area contributed by atoms with Gasteiger partial charge in [0, 0.05) is 4.88 Å². The van der Waals surface area contributed by atoms with Crippen molar-refractivity contribution in [2.75, 3.05) is 5.75 Å². The standard InChI is InChI=1S/C20H18FN5O3S2/c1-3-20(2)18(28)26(19(29)24-20)25-15(27)9-30-17-16-13(22-10-23-17)8-14(31-16)11-4-6-12(21)7-5-11/h4-8,10H,3,9H2,1-2H3,(H,24,29)(H,25,27). The summed E-state index contributed by atoms with van der Waals surface area (Å²) in [4.78, 5) is 46.2. The fourth-order valence-corrected chi connectivity index (χ4v) is 5.00. The second-order valence-corrected chi connectivity index (χ2v) is 9.11. The highest BCUT2D eigenvalue weighted by molar-refractivity contribution is 8.00. The fraction of sp³-hybridized carbons (Fsp3) is 0.250. The summed E-state index contributed by atoms with van der Waals surface area (Å²) in [7, 11) is 0. The number of hydrazine groups is 1. The van der Waals surface area contributed by atoms with Crippen LogP contribution in [0.1, 0.15) is 20.3 Å². The zero-order valence-electron chi connectivity index (χ0n) is 16.6. The Morgan fingerprint density at radius 2 is 2.03 bits per heavy atom. The minimum absolute atomic E-state index is 0.0458. The Morgan fingerprint density at radius 3 is 2.71 bits per heavy atom. The van der Waals surface area contributed by atoms with Gasteiger partial charge in [-0.05, 0) is 37.1 Å². The highest BCUT2D eigenvalue weighted by Gasteiger charge is 2.47. The van der Waals surface area contributed by atoms with Crippen LogP contribution in [0.3, 0.4) is 0 Å². The van der Waals surface area contributed by atoms with E-state index in [4.69, 9.17) is 0 Å². The van der Waals surface area contributed by atoms with Crippen LogP contribution in [-0.4, -0.2) is 44.1 Å². The number of amides is 4. The van der Waals surface area contributed by atoms with E-state index in [1.807, 2.05) is 6.07 Å². The van der Waals surface area contributed by atoms with Crippen molar-refractivity contribution in [3.63, 3.8) is 0 Å². The van der Waals surface area contributed by atoms with E-state index in [0.717, 1.165) is 25.7 Å². The number of rotatable bonds is 6.